The van der Waals surface area contributed by atoms with E-state index < -0.39 is 6.04 Å². The van der Waals surface area contributed by atoms with Crippen LogP contribution in [0.1, 0.15) is 46.4 Å². The molecule has 1 aromatic heterocycles. The van der Waals surface area contributed by atoms with E-state index in [9.17, 15) is 9.59 Å². The number of rotatable bonds is 8. The quantitative estimate of drug-likeness (QED) is 0.373. The molecular formula is C21H20Cl2N4O2S. The predicted octanol–water partition coefficient (Wildman–Crippen LogP) is 5.07. The van der Waals surface area contributed by atoms with E-state index in [4.69, 9.17) is 23.2 Å². The lowest BCUT2D eigenvalue weighted by Crippen LogP contribution is -2.29. The number of hydrogen-bond acceptors (Lipinski definition) is 5. The molecule has 1 atom stereocenters. The van der Waals surface area contributed by atoms with Crippen LogP contribution >= 0.6 is 35.0 Å². The van der Waals surface area contributed by atoms with Gasteiger partial charge in [-0.2, -0.15) is 0 Å². The van der Waals surface area contributed by atoms with E-state index in [1.807, 2.05) is 36.6 Å². The highest BCUT2D eigenvalue weighted by atomic mass is 35.5. The molecule has 1 amide bonds. The standard InChI is InChI=1S/C21H20Cl2N4O2S/c1-3-27-19(13(2)24-20(29)16-10-9-15(22)11-17(16)23)25-26-21(27)30-12-18(28)14-7-5-4-6-8-14/h4-11,13H,3,12H2,1-2H3,(H,24,29)/t13-/m1/s1. The Hall–Kier alpha value is -2.35. The lowest BCUT2D eigenvalue weighted by atomic mass is 10.2. The van der Waals surface area contributed by atoms with Gasteiger partial charge in [0.05, 0.1) is 22.4 Å². The van der Waals surface area contributed by atoms with Gasteiger partial charge in [-0.3, -0.25) is 9.59 Å². The molecule has 0 spiro atoms. The summed E-state index contributed by atoms with van der Waals surface area (Å²) in [4.78, 5) is 25.0. The number of nitrogens with zero attached hydrogens (tertiary/aromatic N) is 3. The van der Waals surface area contributed by atoms with Crippen molar-refractivity contribution in [1.82, 2.24) is 20.1 Å². The number of thioether (sulfide) groups is 1. The second-order valence-electron chi connectivity index (χ2n) is 6.48. The number of benzene rings is 2. The van der Waals surface area contributed by atoms with Gasteiger partial charge in [-0.25, -0.2) is 0 Å². The number of amides is 1. The van der Waals surface area contributed by atoms with Crippen molar-refractivity contribution < 1.29 is 9.59 Å². The fourth-order valence-electron chi connectivity index (χ4n) is 2.87. The van der Waals surface area contributed by atoms with Crippen molar-refractivity contribution in [2.75, 3.05) is 5.75 Å². The summed E-state index contributed by atoms with van der Waals surface area (Å²) in [5.41, 5.74) is 0.992. The molecule has 0 bridgehead atoms. The summed E-state index contributed by atoms with van der Waals surface area (Å²) >= 11 is 13.3. The van der Waals surface area contributed by atoms with Crippen LogP contribution in [0.4, 0.5) is 0 Å². The van der Waals surface area contributed by atoms with Crippen LogP contribution in [0.3, 0.4) is 0 Å². The molecule has 1 N–H and O–H groups in total. The summed E-state index contributed by atoms with van der Waals surface area (Å²) in [5.74, 6) is 0.545. The molecule has 156 valence electrons. The highest BCUT2D eigenvalue weighted by Crippen LogP contribution is 2.24. The largest absolute Gasteiger partial charge is 0.342 e. The van der Waals surface area contributed by atoms with Gasteiger partial charge in [0.15, 0.2) is 16.8 Å². The molecule has 0 radical (unpaired) electrons. The van der Waals surface area contributed by atoms with E-state index in [0.29, 0.717) is 33.7 Å². The Balaban J connectivity index is 1.69. The highest BCUT2D eigenvalue weighted by Gasteiger charge is 2.21. The minimum atomic E-state index is -0.407. The zero-order valence-corrected chi connectivity index (χ0v) is 18.8. The van der Waals surface area contributed by atoms with E-state index in [2.05, 4.69) is 15.5 Å². The lowest BCUT2D eigenvalue weighted by molar-refractivity contribution is 0.0937. The van der Waals surface area contributed by atoms with Gasteiger partial charge in [-0.1, -0.05) is 65.3 Å². The van der Waals surface area contributed by atoms with Gasteiger partial charge in [-0.05, 0) is 32.0 Å². The van der Waals surface area contributed by atoms with Gasteiger partial charge in [0.1, 0.15) is 0 Å². The van der Waals surface area contributed by atoms with Crippen LogP contribution in [0.5, 0.6) is 0 Å². The molecule has 1 heterocycles. The molecule has 0 unspecified atom stereocenters. The van der Waals surface area contributed by atoms with Crippen LogP contribution in [0.25, 0.3) is 0 Å². The summed E-state index contributed by atoms with van der Waals surface area (Å²) in [5, 5.41) is 12.7. The van der Waals surface area contributed by atoms with E-state index in [0.717, 1.165) is 0 Å². The molecule has 0 aliphatic carbocycles. The van der Waals surface area contributed by atoms with E-state index >= 15 is 0 Å². The molecule has 3 rings (SSSR count). The zero-order chi connectivity index (χ0) is 21.7. The molecule has 0 saturated carbocycles. The minimum absolute atomic E-state index is 0.0199. The van der Waals surface area contributed by atoms with E-state index in [1.165, 1.54) is 17.8 Å². The van der Waals surface area contributed by atoms with Crippen LogP contribution < -0.4 is 5.32 Å². The van der Waals surface area contributed by atoms with Crippen molar-refractivity contribution in [3.8, 4) is 0 Å². The first-order valence-electron chi connectivity index (χ1n) is 9.30. The zero-order valence-electron chi connectivity index (χ0n) is 16.4. The van der Waals surface area contributed by atoms with Crippen molar-refractivity contribution in [3.05, 3.63) is 75.5 Å². The van der Waals surface area contributed by atoms with Gasteiger partial charge < -0.3 is 9.88 Å². The molecular weight excluding hydrogens is 443 g/mol. The average molecular weight is 463 g/mol. The molecule has 6 nitrogen and oxygen atoms in total. The molecule has 9 heteroatoms. The number of Topliss-reactive ketones (excluding diaryl/α,β-unsaturated/α-hetero) is 1. The Morgan fingerprint density at radius 2 is 1.87 bits per heavy atom. The molecule has 2 aromatic carbocycles. The smallest absolute Gasteiger partial charge is 0.253 e. The monoisotopic (exact) mass is 462 g/mol. The first-order valence-corrected chi connectivity index (χ1v) is 11.0. The van der Waals surface area contributed by atoms with Crippen LogP contribution in [-0.2, 0) is 6.54 Å². The van der Waals surface area contributed by atoms with Crippen LogP contribution in [0, 0.1) is 0 Å². The highest BCUT2D eigenvalue weighted by molar-refractivity contribution is 7.99. The first-order chi connectivity index (χ1) is 14.4. The van der Waals surface area contributed by atoms with Crippen molar-refractivity contribution in [3.63, 3.8) is 0 Å². The van der Waals surface area contributed by atoms with Gasteiger partial charge in [0.2, 0.25) is 0 Å². The predicted molar refractivity (Wildman–Crippen MR) is 120 cm³/mol. The summed E-state index contributed by atoms with van der Waals surface area (Å²) < 4.78 is 1.89. The lowest BCUT2D eigenvalue weighted by Gasteiger charge is -2.15. The summed E-state index contributed by atoms with van der Waals surface area (Å²) in [6.45, 7) is 4.38. The van der Waals surface area contributed by atoms with Gasteiger partial charge in [0, 0.05) is 17.1 Å². The van der Waals surface area contributed by atoms with Crippen molar-refractivity contribution in [2.45, 2.75) is 31.6 Å². The van der Waals surface area contributed by atoms with Crippen molar-refractivity contribution in [1.29, 1.82) is 0 Å². The third-order valence-corrected chi connectivity index (χ3v) is 5.92. The Kier molecular flexibility index (Phi) is 7.53. The van der Waals surface area contributed by atoms with Gasteiger partial charge in [0.25, 0.3) is 5.91 Å². The average Bonchev–Trinajstić information content (AvgIpc) is 3.15. The summed E-state index contributed by atoms with van der Waals surface area (Å²) in [6.07, 6.45) is 0. The summed E-state index contributed by atoms with van der Waals surface area (Å²) in [7, 11) is 0. The molecule has 0 fully saturated rings. The first kappa shape index (κ1) is 22.3. The molecule has 0 aliphatic heterocycles. The van der Waals surface area contributed by atoms with E-state index in [1.54, 1.807) is 24.3 Å². The second kappa shape index (κ2) is 10.1. The second-order valence-corrected chi connectivity index (χ2v) is 8.27. The number of nitrogens with one attached hydrogen (secondary N) is 1. The third-order valence-electron chi connectivity index (χ3n) is 4.40. The minimum Gasteiger partial charge on any atom is -0.342 e. The Morgan fingerprint density at radius 3 is 2.53 bits per heavy atom. The number of carbonyl (C=O) groups is 2. The Labute approximate surface area is 189 Å². The Bertz CT molecular complexity index is 1060. The normalized spacial score (nSPS) is 11.9. The maximum atomic E-state index is 12.6. The number of aromatic nitrogens is 3. The number of halogens is 2. The maximum Gasteiger partial charge on any atom is 0.253 e. The SMILES string of the molecule is CCn1c(SCC(=O)c2ccccc2)nnc1[C@@H](C)NC(=O)c1ccc(Cl)cc1Cl. The molecule has 0 aliphatic rings. The maximum absolute atomic E-state index is 12.6. The van der Waals surface area contributed by atoms with Crippen LogP contribution in [-0.4, -0.2) is 32.2 Å². The Morgan fingerprint density at radius 1 is 1.13 bits per heavy atom. The summed E-state index contributed by atoms with van der Waals surface area (Å²) in [6, 6.07) is 13.4. The molecule has 3 aromatic rings. The number of carbonyl (C=O) groups excluding carboxylic acids is 2. The fraction of sp³-hybridized carbons (Fsp3) is 0.238. The van der Waals surface area contributed by atoms with Gasteiger partial charge in [-0.15, -0.1) is 10.2 Å². The van der Waals surface area contributed by atoms with Crippen molar-refractivity contribution >= 4 is 46.7 Å². The molecule has 30 heavy (non-hydrogen) atoms. The third kappa shape index (κ3) is 5.22. The molecule has 0 saturated heterocycles. The van der Waals surface area contributed by atoms with Crippen LogP contribution in [0.2, 0.25) is 10.0 Å². The van der Waals surface area contributed by atoms with Gasteiger partial charge >= 0.3 is 0 Å². The number of hydrogen-bond donors (Lipinski definition) is 1. The fourth-order valence-corrected chi connectivity index (χ4v) is 4.27. The van der Waals surface area contributed by atoms with Crippen LogP contribution in [0.15, 0.2) is 53.7 Å². The topological polar surface area (TPSA) is 76.9 Å². The number of ketones is 1. The van der Waals surface area contributed by atoms with Crippen molar-refractivity contribution in [2.24, 2.45) is 0 Å². The van der Waals surface area contributed by atoms with E-state index in [-0.39, 0.29) is 22.5 Å².